The van der Waals surface area contributed by atoms with Crippen LogP contribution in [0.1, 0.15) is 50.5 Å². The van der Waals surface area contributed by atoms with Crippen molar-refractivity contribution in [2.45, 2.75) is 63.6 Å². The van der Waals surface area contributed by atoms with E-state index in [0.717, 1.165) is 18.4 Å². The predicted molar refractivity (Wildman–Crippen MR) is 85.4 cm³/mol. The Hall–Kier alpha value is -1.13. The zero-order valence-electron chi connectivity index (χ0n) is 12.8. The van der Waals surface area contributed by atoms with Gasteiger partial charge in [0.1, 0.15) is 5.82 Å². The summed E-state index contributed by atoms with van der Waals surface area (Å²) in [6, 6.07) is 5.57. The van der Waals surface area contributed by atoms with Crippen LogP contribution in [0.15, 0.2) is 18.3 Å². The number of pyridine rings is 1. The molecule has 1 heterocycles. The van der Waals surface area contributed by atoms with Gasteiger partial charge in [-0.2, -0.15) is 0 Å². The van der Waals surface area contributed by atoms with Gasteiger partial charge >= 0.3 is 0 Å². The Morgan fingerprint density at radius 2 is 1.95 bits per heavy atom. The average Bonchev–Trinajstić information content (AvgIpc) is 3.36. The van der Waals surface area contributed by atoms with Crippen molar-refractivity contribution < 1.29 is 5.11 Å². The maximum Gasteiger partial charge on any atom is 0.128 e. The molecule has 0 aromatic carbocycles. The zero-order chi connectivity index (χ0) is 14.5. The van der Waals surface area contributed by atoms with Crippen molar-refractivity contribution in [2.24, 2.45) is 0 Å². The van der Waals surface area contributed by atoms with Crippen LogP contribution in [0.3, 0.4) is 0 Å². The molecule has 2 aliphatic rings. The largest absolute Gasteiger partial charge is 0.395 e. The Morgan fingerprint density at radius 1 is 1.14 bits per heavy atom. The van der Waals surface area contributed by atoms with E-state index in [1.54, 1.807) is 0 Å². The fourth-order valence-electron chi connectivity index (χ4n) is 3.23. The lowest BCUT2D eigenvalue weighted by Crippen LogP contribution is -2.39. The van der Waals surface area contributed by atoms with Crippen LogP contribution in [0.4, 0.5) is 5.82 Å². The van der Waals surface area contributed by atoms with Gasteiger partial charge in [0.25, 0.3) is 0 Å². The third kappa shape index (κ3) is 4.17. The standard InChI is InChI=1S/C17H27N3O/c21-11-10-20(16-4-2-1-3-5-16)17-9-6-14(13-19-17)12-18-15-7-8-15/h6,9,13,15-16,18,21H,1-5,7-8,10-12H2. The Morgan fingerprint density at radius 3 is 2.57 bits per heavy atom. The van der Waals surface area contributed by atoms with Crippen molar-refractivity contribution in [2.75, 3.05) is 18.1 Å². The van der Waals surface area contributed by atoms with E-state index in [0.29, 0.717) is 12.6 Å². The molecule has 0 atom stereocenters. The van der Waals surface area contributed by atoms with Crippen LogP contribution in [0.2, 0.25) is 0 Å². The van der Waals surface area contributed by atoms with Gasteiger partial charge < -0.3 is 15.3 Å². The second-order valence-electron chi connectivity index (χ2n) is 6.39. The quantitative estimate of drug-likeness (QED) is 0.809. The molecule has 2 fully saturated rings. The highest BCUT2D eigenvalue weighted by molar-refractivity contribution is 5.40. The Kier molecular flexibility index (Phi) is 5.09. The molecule has 0 radical (unpaired) electrons. The van der Waals surface area contributed by atoms with Crippen molar-refractivity contribution >= 4 is 5.82 Å². The first-order chi connectivity index (χ1) is 10.4. The molecule has 1 aromatic heterocycles. The molecular weight excluding hydrogens is 262 g/mol. The summed E-state index contributed by atoms with van der Waals surface area (Å²) < 4.78 is 0. The Bertz CT molecular complexity index is 424. The van der Waals surface area contributed by atoms with Crippen molar-refractivity contribution in [3.05, 3.63) is 23.9 Å². The maximum absolute atomic E-state index is 9.36. The fraction of sp³-hybridized carbons (Fsp3) is 0.706. The Balaban J connectivity index is 1.63. The summed E-state index contributed by atoms with van der Waals surface area (Å²) in [5.41, 5.74) is 1.25. The van der Waals surface area contributed by atoms with Gasteiger partial charge in [0.2, 0.25) is 0 Å². The summed E-state index contributed by atoms with van der Waals surface area (Å²) in [6.45, 7) is 1.81. The molecule has 2 N–H and O–H groups in total. The summed E-state index contributed by atoms with van der Waals surface area (Å²) in [7, 11) is 0. The molecular formula is C17H27N3O. The lowest BCUT2D eigenvalue weighted by molar-refractivity contribution is 0.289. The monoisotopic (exact) mass is 289 g/mol. The highest BCUT2D eigenvalue weighted by Crippen LogP contribution is 2.26. The second kappa shape index (κ2) is 7.23. The molecule has 2 aliphatic carbocycles. The normalized spacial score (nSPS) is 19.7. The molecule has 4 heteroatoms. The number of nitrogens with zero attached hydrogens (tertiary/aromatic N) is 2. The van der Waals surface area contributed by atoms with Crippen molar-refractivity contribution in [1.82, 2.24) is 10.3 Å². The van der Waals surface area contributed by atoms with E-state index in [4.69, 9.17) is 0 Å². The minimum absolute atomic E-state index is 0.198. The summed E-state index contributed by atoms with van der Waals surface area (Å²) in [4.78, 5) is 6.95. The van der Waals surface area contributed by atoms with Gasteiger partial charge in [-0.1, -0.05) is 25.3 Å². The highest BCUT2D eigenvalue weighted by Gasteiger charge is 2.22. The summed E-state index contributed by atoms with van der Waals surface area (Å²) >= 11 is 0. The lowest BCUT2D eigenvalue weighted by atomic mass is 9.94. The van der Waals surface area contributed by atoms with Crippen LogP contribution < -0.4 is 10.2 Å². The molecule has 0 saturated heterocycles. The molecule has 2 saturated carbocycles. The van der Waals surface area contributed by atoms with Crippen LogP contribution in [-0.4, -0.2) is 35.3 Å². The van der Waals surface area contributed by atoms with Crippen LogP contribution in [-0.2, 0) is 6.54 Å². The predicted octanol–water partition coefficient (Wildman–Crippen LogP) is 2.46. The Labute approximate surface area is 127 Å². The fourth-order valence-corrected chi connectivity index (χ4v) is 3.23. The number of hydrogen-bond donors (Lipinski definition) is 2. The number of aliphatic hydroxyl groups excluding tert-OH is 1. The van der Waals surface area contributed by atoms with E-state index in [-0.39, 0.29) is 6.61 Å². The van der Waals surface area contributed by atoms with Gasteiger partial charge in [0.05, 0.1) is 6.61 Å². The first-order valence-corrected chi connectivity index (χ1v) is 8.42. The van der Waals surface area contributed by atoms with Crippen molar-refractivity contribution in [3.8, 4) is 0 Å². The van der Waals surface area contributed by atoms with Crippen LogP contribution in [0.5, 0.6) is 0 Å². The molecule has 116 valence electrons. The molecule has 3 rings (SSSR count). The van der Waals surface area contributed by atoms with Gasteiger partial charge in [-0.25, -0.2) is 4.98 Å². The smallest absolute Gasteiger partial charge is 0.128 e. The first-order valence-electron chi connectivity index (χ1n) is 8.42. The van der Waals surface area contributed by atoms with E-state index < -0.39 is 0 Å². The van der Waals surface area contributed by atoms with Crippen LogP contribution >= 0.6 is 0 Å². The van der Waals surface area contributed by atoms with E-state index in [1.165, 1.54) is 50.5 Å². The minimum Gasteiger partial charge on any atom is -0.395 e. The van der Waals surface area contributed by atoms with Gasteiger partial charge in [-0.05, 0) is 37.3 Å². The van der Waals surface area contributed by atoms with Crippen LogP contribution in [0.25, 0.3) is 0 Å². The highest BCUT2D eigenvalue weighted by atomic mass is 16.3. The van der Waals surface area contributed by atoms with Gasteiger partial charge in [-0.3, -0.25) is 0 Å². The SMILES string of the molecule is OCCN(c1ccc(CNC2CC2)cn1)C1CCCCC1. The molecule has 0 spiro atoms. The van der Waals surface area contributed by atoms with Crippen molar-refractivity contribution in [3.63, 3.8) is 0 Å². The van der Waals surface area contributed by atoms with Gasteiger partial charge in [0.15, 0.2) is 0 Å². The summed E-state index contributed by atoms with van der Waals surface area (Å²) in [5, 5.41) is 12.9. The number of nitrogens with one attached hydrogen (secondary N) is 1. The third-order valence-corrected chi connectivity index (χ3v) is 4.63. The minimum atomic E-state index is 0.198. The molecule has 0 unspecified atom stereocenters. The second-order valence-corrected chi connectivity index (χ2v) is 6.39. The number of aliphatic hydroxyl groups is 1. The van der Waals surface area contributed by atoms with Gasteiger partial charge in [0, 0.05) is 31.4 Å². The number of aromatic nitrogens is 1. The third-order valence-electron chi connectivity index (χ3n) is 4.63. The average molecular weight is 289 g/mol. The van der Waals surface area contributed by atoms with E-state index in [2.05, 4.69) is 27.3 Å². The number of rotatable bonds is 7. The summed E-state index contributed by atoms with van der Waals surface area (Å²) in [6.07, 6.45) is 11.0. The molecule has 0 amide bonds. The summed E-state index contributed by atoms with van der Waals surface area (Å²) in [5.74, 6) is 1.02. The van der Waals surface area contributed by atoms with E-state index in [9.17, 15) is 5.11 Å². The molecule has 0 bridgehead atoms. The first kappa shape index (κ1) is 14.8. The molecule has 4 nitrogen and oxygen atoms in total. The van der Waals surface area contributed by atoms with Crippen LogP contribution in [0, 0.1) is 0 Å². The molecule has 1 aromatic rings. The molecule has 0 aliphatic heterocycles. The lowest BCUT2D eigenvalue weighted by Gasteiger charge is -2.35. The zero-order valence-corrected chi connectivity index (χ0v) is 12.8. The number of hydrogen-bond acceptors (Lipinski definition) is 4. The molecule has 21 heavy (non-hydrogen) atoms. The maximum atomic E-state index is 9.36. The van der Waals surface area contributed by atoms with E-state index in [1.807, 2.05) is 6.20 Å². The van der Waals surface area contributed by atoms with Gasteiger partial charge in [-0.15, -0.1) is 0 Å². The number of anilines is 1. The van der Waals surface area contributed by atoms with E-state index >= 15 is 0 Å². The topological polar surface area (TPSA) is 48.4 Å². The van der Waals surface area contributed by atoms with Crippen molar-refractivity contribution in [1.29, 1.82) is 0 Å².